The number of aryl methyl sites for hydroxylation is 2. The molecule has 0 aliphatic rings. The third kappa shape index (κ3) is 3.63. The first-order valence-corrected chi connectivity index (χ1v) is 10.5. The molecule has 0 bridgehead atoms. The average molecular weight is 411 g/mol. The Balaban J connectivity index is 1.55. The van der Waals surface area contributed by atoms with Crippen LogP contribution in [0.15, 0.2) is 52.2 Å². The minimum absolute atomic E-state index is 0.160. The van der Waals surface area contributed by atoms with Gasteiger partial charge in [0, 0.05) is 15.8 Å². The molecule has 28 heavy (non-hydrogen) atoms. The minimum atomic E-state index is -0.461. The van der Waals surface area contributed by atoms with Crippen LogP contribution in [0.2, 0.25) is 0 Å². The summed E-state index contributed by atoms with van der Waals surface area (Å²) < 4.78 is 6.71. The van der Waals surface area contributed by atoms with Gasteiger partial charge in [-0.05, 0) is 36.4 Å². The molecule has 0 amide bonds. The molecule has 3 aromatic heterocycles. The fourth-order valence-corrected chi connectivity index (χ4v) is 4.71. The van der Waals surface area contributed by atoms with Gasteiger partial charge in [0.1, 0.15) is 18.0 Å². The first-order chi connectivity index (χ1) is 13.5. The first kappa shape index (κ1) is 18.6. The van der Waals surface area contributed by atoms with Gasteiger partial charge in [-0.15, -0.1) is 22.7 Å². The van der Waals surface area contributed by atoms with Crippen molar-refractivity contribution in [2.75, 3.05) is 0 Å². The van der Waals surface area contributed by atoms with Crippen molar-refractivity contribution in [3.8, 4) is 10.4 Å². The summed E-state index contributed by atoms with van der Waals surface area (Å²) in [6.45, 7) is 4.01. The van der Waals surface area contributed by atoms with Crippen LogP contribution >= 0.6 is 22.7 Å². The maximum Gasteiger partial charge on any atom is 0.326 e. The van der Waals surface area contributed by atoms with E-state index in [1.807, 2.05) is 54.9 Å². The predicted octanol–water partition coefficient (Wildman–Crippen LogP) is 4.55. The highest BCUT2D eigenvalue weighted by Gasteiger charge is 2.16. The topological polar surface area (TPSA) is 61.2 Å². The normalized spacial score (nSPS) is 11.1. The number of hydrogen-bond donors (Lipinski definition) is 0. The number of carbonyl (C=O) groups excluding carboxylic acids is 1. The largest absolute Gasteiger partial charge is 0.459 e. The summed E-state index contributed by atoms with van der Waals surface area (Å²) in [5, 5.41) is 4.46. The van der Waals surface area contributed by atoms with Crippen molar-refractivity contribution in [3.63, 3.8) is 0 Å². The molecule has 0 radical (unpaired) electrons. The second-order valence-corrected chi connectivity index (χ2v) is 8.38. The van der Waals surface area contributed by atoms with E-state index in [0.29, 0.717) is 10.2 Å². The smallest absolute Gasteiger partial charge is 0.326 e. The third-order valence-corrected chi connectivity index (χ3v) is 6.33. The number of fused-ring (bicyclic) bond motifs is 1. The maximum atomic E-state index is 12.9. The predicted molar refractivity (Wildman–Crippen MR) is 113 cm³/mol. The van der Waals surface area contributed by atoms with E-state index >= 15 is 0 Å². The Morgan fingerprint density at radius 3 is 2.86 bits per heavy atom. The number of ether oxygens (including phenoxy) is 1. The van der Waals surface area contributed by atoms with Crippen LogP contribution in [0.25, 0.3) is 20.7 Å². The lowest BCUT2D eigenvalue weighted by Crippen LogP contribution is -2.25. The van der Waals surface area contributed by atoms with E-state index in [2.05, 4.69) is 4.98 Å². The van der Waals surface area contributed by atoms with Crippen LogP contribution in [0.4, 0.5) is 0 Å². The summed E-state index contributed by atoms with van der Waals surface area (Å²) in [6, 6.07) is 9.95. The van der Waals surface area contributed by atoms with Crippen molar-refractivity contribution in [1.29, 1.82) is 0 Å². The second kappa shape index (κ2) is 7.69. The highest BCUT2D eigenvalue weighted by molar-refractivity contribution is 7.18. The number of rotatable bonds is 5. The molecule has 0 spiro atoms. The summed E-state index contributed by atoms with van der Waals surface area (Å²) in [5.74, 6) is -0.461. The van der Waals surface area contributed by atoms with Crippen LogP contribution in [-0.2, 0) is 22.7 Å². The van der Waals surface area contributed by atoms with Gasteiger partial charge in [0.25, 0.3) is 5.56 Å². The highest BCUT2D eigenvalue weighted by Crippen LogP contribution is 2.33. The fourth-order valence-electron chi connectivity index (χ4n) is 2.99. The standard InChI is InChI=1S/C21H18N2O3S2/c1-13-5-6-14(2)15(8-13)10-26-18(24)9-23-12-22-20-19(21(23)25)16(11-28-20)17-4-3-7-27-17/h3-8,11-12H,9-10H2,1-2H3. The summed E-state index contributed by atoms with van der Waals surface area (Å²) in [5.41, 5.74) is 3.79. The summed E-state index contributed by atoms with van der Waals surface area (Å²) in [6.07, 6.45) is 1.42. The zero-order valence-corrected chi connectivity index (χ0v) is 17.1. The van der Waals surface area contributed by atoms with Gasteiger partial charge in [-0.3, -0.25) is 14.2 Å². The van der Waals surface area contributed by atoms with Crippen molar-refractivity contribution >= 4 is 38.9 Å². The molecule has 4 rings (SSSR count). The Morgan fingerprint density at radius 1 is 1.21 bits per heavy atom. The van der Waals surface area contributed by atoms with Gasteiger partial charge in [0.15, 0.2) is 0 Å². The summed E-state index contributed by atoms with van der Waals surface area (Å²) in [7, 11) is 0. The van der Waals surface area contributed by atoms with E-state index < -0.39 is 5.97 Å². The summed E-state index contributed by atoms with van der Waals surface area (Å²) in [4.78, 5) is 31.3. The molecule has 4 aromatic rings. The Morgan fingerprint density at radius 2 is 2.07 bits per heavy atom. The quantitative estimate of drug-likeness (QED) is 0.453. The lowest BCUT2D eigenvalue weighted by atomic mass is 10.1. The maximum absolute atomic E-state index is 12.9. The molecule has 0 unspecified atom stereocenters. The number of carbonyl (C=O) groups is 1. The molecule has 7 heteroatoms. The van der Waals surface area contributed by atoms with Crippen molar-refractivity contribution in [1.82, 2.24) is 9.55 Å². The van der Waals surface area contributed by atoms with Gasteiger partial charge in [-0.1, -0.05) is 29.8 Å². The first-order valence-electron chi connectivity index (χ1n) is 8.75. The molecule has 5 nitrogen and oxygen atoms in total. The van der Waals surface area contributed by atoms with E-state index in [9.17, 15) is 9.59 Å². The number of aromatic nitrogens is 2. The van der Waals surface area contributed by atoms with Crippen molar-refractivity contribution in [2.45, 2.75) is 27.0 Å². The monoisotopic (exact) mass is 410 g/mol. The average Bonchev–Trinajstić information content (AvgIpc) is 3.34. The molecule has 0 aliphatic carbocycles. The lowest BCUT2D eigenvalue weighted by molar-refractivity contribution is -0.145. The SMILES string of the molecule is Cc1ccc(C)c(COC(=O)Cn2cnc3scc(-c4cccs4)c3c2=O)c1. The zero-order valence-electron chi connectivity index (χ0n) is 15.5. The molecule has 3 heterocycles. The number of benzene rings is 1. The van der Waals surface area contributed by atoms with Gasteiger partial charge in [-0.25, -0.2) is 4.98 Å². The van der Waals surface area contributed by atoms with Gasteiger partial charge >= 0.3 is 5.97 Å². The molecule has 0 saturated heterocycles. The third-order valence-electron chi connectivity index (χ3n) is 4.54. The van der Waals surface area contributed by atoms with E-state index in [1.165, 1.54) is 22.2 Å². The molecule has 0 saturated carbocycles. The van der Waals surface area contributed by atoms with Gasteiger partial charge in [0.2, 0.25) is 0 Å². The van der Waals surface area contributed by atoms with E-state index in [0.717, 1.165) is 27.1 Å². The number of thiophene rings is 2. The van der Waals surface area contributed by atoms with E-state index in [1.54, 1.807) is 11.3 Å². The minimum Gasteiger partial charge on any atom is -0.459 e. The molecule has 142 valence electrons. The fraction of sp³-hybridized carbons (Fsp3) is 0.190. The van der Waals surface area contributed by atoms with Gasteiger partial charge < -0.3 is 4.74 Å². The second-order valence-electron chi connectivity index (χ2n) is 6.58. The van der Waals surface area contributed by atoms with Crippen molar-refractivity contribution in [2.24, 2.45) is 0 Å². The Hall–Kier alpha value is -2.77. The Kier molecular flexibility index (Phi) is 5.11. The van der Waals surface area contributed by atoms with Crippen LogP contribution in [-0.4, -0.2) is 15.5 Å². The zero-order chi connectivity index (χ0) is 19.7. The van der Waals surface area contributed by atoms with E-state index in [4.69, 9.17) is 4.74 Å². The molecule has 1 aromatic carbocycles. The van der Waals surface area contributed by atoms with E-state index in [-0.39, 0.29) is 18.7 Å². The molecule has 0 fully saturated rings. The molecule has 0 aliphatic heterocycles. The summed E-state index contributed by atoms with van der Waals surface area (Å²) >= 11 is 3.00. The Labute approximate surface area is 169 Å². The van der Waals surface area contributed by atoms with Crippen LogP contribution in [0.1, 0.15) is 16.7 Å². The van der Waals surface area contributed by atoms with Crippen molar-refractivity contribution < 1.29 is 9.53 Å². The lowest BCUT2D eigenvalue weighted by Gasteiger charge is -2.09. The Bertz CT molecular complexity index is 1210. The number of esters is 1. The number of nitrogens with zero attached hydrogens (tertiary/aromatic N) is 2. The van der Waals surface area contributed by atoms with Crippen LogP contribution in [0.3, 0.4) is 0 Å². The van der Waals surface area contributed by atoms with Crippen LogP contribution in [0, 0.1) is 13.8 Å². The molecular weight excluding hydrogens is 392 g/mol. The molecule has 0 atom stereocenters. The highest BCUT2D eigenvalue weighted by atomic mass is 32.1. The van der Waals surface area contributed by atoms with Crippen molar-refractivity contribution in [3.05, 3.63) is 74.5 Å². The van der Waals surface area contributed by atoms with Gasteiger partial charge in [-0.2, -0.15) is 0 Å². The molecule has 0 N–H and O–H groups in total. The number of hydrogen-bond acceptors (Lipinski definition) is 6. The van der Waals surface area contributed by atoms with Crippen LogP contribution < -0.4 is 5.56 Å². The molecular formula is C21H18N2O3S2. The van der Waals surface area contributed by atoms with Crippen LogP contribution in [0.5, 0.6) is 0 Å². The van der Waals surface area contributed by atoms with Gasteiger partial charge in [0.05, 0.1) is 11.7 Å².